The van der Waals surface area contributed by atoms with Gasteiger partial charge in [0.25, 0.3) is 5.91 Å². The summed E-state index contributed by atoms with van der Waals surface area (Å²) < 4.78 is 24.5. The minimum Gasteiger partial charge on any atom is -0.457 e. The number of carbonyl (C=O) groups is 1. The summed E-state index contributed by atoms with van der Waals surface area (Å²) in [5.74, 6) is 0.448. The standard InChI is InChI=1S/C24H25FN2O3/c1-15(2)29-17(4)23-13-12-22(16(3)26-23)24(28)27-19-6-5-7-21(14-19)30-20-10-8-18(25)9-11-20/h5-15,17H,1-4H3,(H,27,28). The number of hydrogen-bond donors (Lipinski definition) is 1. The molecule has 0 saturated carbocycles. The highest BCUT2D eigenvalue weighted by Gasteiger charge is 2.15. The fourth-order valence-corrected chi connectivity index (χ4v) is 3.00. The van der Waals surface area contributed by atoms with E-state index in [0.717, 1.165) is 5.69 Å². The van der Waals surface area contributed by atoms with Gasteiger partial charge in [-0.3, -0.25) is 9.78 Å². The zero-order valence-electron chi connectivity index (χ0n) is 17.5. The van der Waals surface area contributed by atoms with Gasteiger partial charge in [0.15, 0.2) is 0 Å². The van der Waals surface area contributed by atoms with Crippen LogP contribution in [0.4, 0.5) is 10.1 Å². The number of nitrogens with one attached hydrogen (secondary N) is 1. The first kappa shape index (κ1) is 21.5. The Bertz CT molecular complexity index is 1020. The van der Waals surface area contributed by atoms with Crippen LogP contribution in [0.5, 0.6) is 11.5 Å². The van der Waals surface area contributed by atoms with Crippen LogP contribution >= 0.6 is 0 Å². The van der Waals surface area contributed by atoms with Crippen molar-refractivity contribution in [3.63, 3.8) is 0 Å². The van der Waals surface area contributed by atoms with E-state index in [1.807, 2.05) is 26.8 Å². The molecular formula is C24H25FN2O3. The van der Waals surface area contributed by atoms with E-state index in [4.69, 9.17) is 9.47 Å². The number of carbonyl (C=O) groups excluding carboxylic acids is 1. The number of pyridine rings is 1. The van der Waals surface area contributed by atoms with Gasteiger partial charge in [-0.15, -0.1) is 0 Å². The highest BCUT2D eigenvalue weighted by Crippen LogP contribution is 2.25. The zero-order chi connectivity index (χ0) is 21.7. The molecule has 1 N–H and O–H groups in total. The third kappa shape index (κ3) is 5.64. The Labute approximate surface area is 175 Å². The maximum absolute atomic E-state index is 13.0. The average molecular weight is 408 g/mol. The van der Waals surface area contributed by atoms with E-state index in [-0.39, 0.29) is 23.9 Å². The van der Waals surface area contributed by atoms with E-state index in [0.29, 0.717) is 28.4 Å². The molecule has 1 unspecified atom stereocenters. The summed E-state index contributed by atoms with van der Waals surface area (Å²) in [5, 5.41) is 2.87. The maximum Gasteiger partial charge on any atom is 0.257 e. The molecule has 1 amide bonds. The van der Waals surface area contributed by atoms with Gasteiger partial charge in [0.1, 0.15) is 17.3 Å². The van der Waals surface area contributed by atoms with Crippen molar-refractivity contribution in [2.24, 2.45) is 0 Å². The Balaban J connectivity index is 1.70. The van der Waals surface area contributed by atoms with Crippen LogP contribution in [0.15, 0.2) is 60.7 Å². The van der Waals surface area contributed by atoms with Gasteiger partial charge >= 0.3 is 0 Å². The molecule has 156 valence electrons. The monoisotopic (exact) mass is 408 g/mol. The van der Waals surface area contributed by atoms with Gasteiger partial charge in [0, 0.05) is 11.8 Å². The summed E-state index contributed by atoms with van der Waals surface area (Å²) in [6.07, 6.45) is -0.0596. The molecule has 2 aromatic carbocycles. The normalized spacial score (nSPS) is 11.9. The Morgan fingerprint density at radius 1 is 1.00 bits per heavy atom. The van der Waals surface area contributed by atoms with E-state index in [1.54, 1.807) is 49.4 Å². The van der Waals surface area contributed by atoms with Crippen molar-refractivity contribution in [1.82, 2.24) is 4.98 Å². The van der Waals surface area contributed by atoms with E-state index < -0.39 is 0 Å². The van der Waals surface area contributed by atoms with Gasteiger partial charge in [-0.05, 0) is 76.2 Å². The predicted octanol–water partition coefficient (Wildman–Crippen LogP) is 6.06. The molecule has 1 aromatic heterocycles. The molecule has 0 aliphatic heterocycles. The number of rotatable bonds is 7. The molecule has 0 saturated heterocycles. The van der Waals surface area contributed by atoms with Crippen molar-refractivity contribution in [3.8, 4) is 11.5 Å². The summed E-state index contributed by atoms with van der Waals surface area (Å²) in [6, 6.07) is 16.3. The predicted molar refractivity (Wildman–Crippen MR) is 114 cm³/mol. The molecule has 0 radical (unpaired) electrons. The fraction of sp³-hybridized carbons (Fsp3) is 0.250. The molecule has 0 aliphatic rings. The largest absolute Gasteiger partial charge is 0.457 e. The van der Waals surface area contributed by atoms with Gasteiger partial charge in [-0.1, -0.05) is 6.07 Å². The number of amides is 1. The maximum atomic E-state index is 13.0. The lowest BCUT2D eigenvalue weighted by Gasteiger charge is -2.17. The summed E-state index contributed by atoms with van der Waals surface area (Å²) in [5.41, 5.74) is 2.48. The lowest BCUT2D eigenvalue weighted by Crippen LogP contribution is -2.16. The first-order valence-electron chi connectivity index (χ1n) is 9.79. The van der Waals surface area contributed by atoms with E-state index >= 15 is 0 Å². The molecule has 1 atom stereocenters. The number of halogens is 1. The summed E-state index contributed by atoms with van der Waals surface area (Å²) in [4.78, 5) is 17.3. The van der Waals surface area contributed by atoms with Gasteiger partial charge in [-0.2, -0.15) is 0 Å². The molecule has 0 bridgehead atoms. The van der Waals surface area contributed by atoms with Crippen molar-refractivity contribution >= 4 is 11.6 Å². The second kappa shape index (κ2) is 9.50. The molecule has 6 heteroatoms. The van der Waals surface area contributed by atoms with Gasteiger partial charge in [-0.25, -0.2) is 4.39 Å². The van der Waals surface area contributed by atoms with Crippen LogP contribution in [0.1, 0.15) is 48.6 Å². The Morgan fingerprint density at radius 3 is 2.40 bits per heavy atom. The second-order valence-electron chi connectivity index (χ2n) is 7.23. The van der Waals surface area contributed by atoms with Crippen LogP contribution < -0.4 is 10.1 Å². The zero-order valence-corrected chi connectivity index (χ0v) is 17.5. The minimum atomic E-state index is -0.330. The molecular weight excluding hydrogens is 383 g/mol. The summed E-state index contributed by atoms with van der Waals surface area (Å²) in [6.45, 7) is 7.68. The van der Waals surface area contributed by atoms with Gasteiger partial charge in [0.05, 0.1) is 29.2 Å². The number of anilines is 1. The van der Waals surface area contributed by atoms with Gasteiger partial charge < -0.3 is 14.8 Å². The highest BCUT2D eigenvalue weighted by atomic mass is 19.1. The topological polar surface area (TPSA) is 60.5 Å². The van der Waals surface area contributed by atoms with Crippen molar-refractivity contribution in [3.05, 3.63) is 83.4 Å². The lowest BCUT2D eigenvalue weighted by atomic mass is 10.1. The van der Waals surface area contributed by atoms with Crippen molar-refractivity contribution in [1.29, 1.82) is 0 Å². The van der Waals surface area contributed by atoms with E-state index in [1.165, 1.54) is 12.1 Å². The third-order valence-electron chi connectivity index (χ3n) is 4.39. The molecule has 3 rings (SSSR count). The highest BCUT2D eigenvalue weighted by molar-refractivity contribution is 6.05. The van der Waals surface area contributed by atoms with Crippen molar-refractivity contribution in [2.75, 3.05) is 5.32 Å². The number of aryl methyl sites for hydroxylation is 1. The van der Waals surface area contributed by atoms with Crippen LogP contribution in [0.25, 0.3) is 0 Å². The van der Waals surface area contributed by atoms with Gasteiger partial charge in [0.2, 0.25) is 0 Å². The van der Waals surface area contributed by atoms with E-state index in [2.05, 4.69) is 10.3 Å². The Kier molecular flexibility index (Phi) is 6.79. The van der Waals surface area contributed by atoms with E-state index in [9.17, 15) is 9.18 Å². The smallest absolute Gasteiger partial charge is 0.257 e. The average Bonchev–Trinajstić information content (AvgIpc) is 2.69. The molecule has 0 spiro atoms. The van der Waals surface area contributed by atoms with Crippen LogP contribution in [-0.4, -0.2) is 17.0 Å². The summed E-state index contributed by atoms with van der Waals surface area (Å²) >= 11 is 0. The first-order valence-corrected chi connectivity index (χ1v) is 9.79. The quantitative estimate of drug-likeness (QED) is 0.516. The van der Waals surface area contributed by atoms with Crippen molar-refractivity contribution < 1.29 is 18.7 Å². The SMILES string of the molecule is Cc1nc(C(C)OC(C)C)ccc1C(=O)Nc1cccc(Oc2ccc(F)cc2)c1. The number of aromatic nitrogens is 1. The Hall–Kier alpha value is -3.25. The molecule has 0 fully saturated rings. The number of hydrogen-bond acceptors (Lipinski definition) is 4. The molecule has 3 aromatic rings. The number of benzene rings is 2. The van der Waals surface area contributed by atoms with Crippen molar-refractivity contribution in [2.45, 2.75) is 39.9 Å². The minimum absolute atomic E-state index is 0.0921. The molecule has 0 aliphatic carbocycles. The van der Waals surface area contributed by atoms with Crippen LogP contribution in [0.3, 0.4) is 0 Å². The number of nitrogens with zero attached hydrogens (tertiary/aromatic N) is 1. The number of ether oxygens (including phenoxy) is 2. The summed E-state index contributed by atoms with van der Waals surface area (Å²) in [7, 11) is 0. The Morgan fingerprint density at radius 2 is 1.73 bits per heavy atom. The van der Waals surface area contributed by atoms with Crippen LogP contribution in [-0.2, 0) is 4.74 Å². The fourth-order valence-electron chi connectivity index (χ4n) is 3.00. The first-order chi connectivity index (χ1) is 14.3. The third-order valence-corrected chi connectivity index (χ3v) is 4.39. The van der Waals surface area contributed by atoms with Crippen LogP contribution in [0, 0.1) is 12.7 Å². The molecule has 1 heterocycles. The lowest BCUT2D eigenvalue weighted by molar-refractivity contribution is 0.0154. The second-order valence-corrected chi connectivity index (χ2v) is 7.23. The molecule has 30 heavy (non-hydrogen) atoms. The molecule has 5 nitrogen and oxygen atoms in total. The van der Waals surface area contributed by atoms with Crippen LogP contribution in [0.2, 0.25) is 0 Å².